The van der Waals surface area contributed by atoms with Gasteiger partial charge in [-0.2, -0.15) is 0 Å². The minimum absolute atomic E-state index is 0.0680. The molecule has 28 heavy (non-hydrogen) atoms. The molecule has 1 aromatic heterocycles. The van der Waals surface area contributed by atoms with Gasteiger partial charge in [0.25, 0.3) is 5.91 Å². The molecule has 0 atom stereocenters. The van der Waals surface area contributed by atoms with E-state index in [1.54, 1.807) is 13.3 Å². The van der Waals surface area contributed by atoms with Gasteiger partial charge in [-0.25, -0.2) is 0 Å². The molecule has 2 aliphatic heterocycles. The highest BCUT2D eigenvalue weighted by atomic mass is 16.5. The van der Waals surface area contributed by atoms with E-state index < -0.39 is 0 Å². The van der Waals surface area contributed by atoms with Crippen molar-refractivity contribution in [2.24, 2.45) is 0 Å². The molecular weight excluding hydrogens is 352 g/mol. The van der Waals surface area contributed by atoms with E-state index in [1.807, 2.05) is 29.2 Å². The highest BCUT2D eigenvalue weighted by molar-refractivity contribution is 5.93. The van der Waals surface area contributed by atoms with Gasteiger partial charge in [-0.1, -0.05) is 0 Å². The summed E-state index contributed by atoms with van der Waals surface area (Å²) in [5.41, 5.74) is 2.87. The Morgan fingerprint density at radius 1 is 0.857 bits per heavy atom. The topological polar surface area (TPSA) is 48.9 Å². The Bertz CT molecular complexity index is 794. The smallest absolute Gasteiger partial charge is 0.272 e. The number of carbonyl (C=O) groups is 1. The standard InChI is InChI=1S/C22H28N4O2/c1-28-20-7-5-18(6-8-20)24-13-15-25(16-14-24)19-9-10-23-21(17-19)22(27)26-11-3-2-4-12-26/h5-10,17H,2-4,11-16H2,1H3. The quantitative estimate of drug-likeness (QED) is 0.816. The fourth-order valence-corrected chi connectivity index (χ4v) is 4.01. The van der Waals surface area contributed by atoms with E-state index in [2.05, 4.69) is 26.9 Å². The van der Waals surface area contributed by atoms with Crippen LogP contribution in [0.5, 0.6) is 5.75 Å². The highest BCUT2D eigenvalue weighted by Gasteiger charge is 2.22. The maximum Gasteiger partial charge on any atom is 0.272 e. The van der Waals surface area contributed by atoms with Crippen LogP contribution in [0.2, 0.25) is 0 Å². The maximum absolute atomic E-state index is 12.8. The van der Waals surface area contributed by atoms with E-state index in [-0.39, 0.29) is 5.91 Å². The van der Waals surface area contributed by atoms with Crippen molar-refractivity contribution < 1.29 is 9.53 Å². The molecule has 2 aliphatic rings. The number of amides is 1. The second kappa shape index (κ2) is 8.50. The van der Waals surface area contributed by atoms with E-state index in [9.17, 15) is 4.79 Å². The van der Waals surface area contributed by atoms with Crippen LogP contribution in [-0.4, -0.2) is 62.2 Å². The lowest BCUT2D eigenvalue weighted by molar-refractivity contribution is 0.0718. The van der Waals surface area contributed by atoms with Crippen molar-refractivity contribution >= 4 is 17.3 Å². The molecule has 0 saturated carbocycles. The molecule has 148 valence electrons. The first-order valence-electron chi connectivity index (χ1n) is 10.1. The highest BCUT2D eigenvalue weighted by Crippen LogP contribution is 2.23. The Morgan fingerprint density at radius 2 is 1.50 bits per heavy atom. The second-order valence-corrected chi connectivity index (χ2v) is 7.42. The van der Waals surface area contributed by atoms with Gasteiger partial charge in [-0.15, -0.1) is 0 Å². The lowest BCUT2D eigenvalue weighted by atomic mass is 10.1. The number of hydrogen-bond acceptors (Lipinski definition) is 5. The number of nitrogens with zero attached hydrogens (tertiary/aromatic N) is 4. The number of hydrogen-bond donors (Lipinski definition) is 0. The molecule has 6 heteroatoms. The van der Waals surface area contributed by atoms with Gasteiger partial charge < -0.3 is 19.4 Å². The number of piperidine rings is 1. The minimum atomic E-state index is 0.0680. The molecule has 0 unspecified atom stereocenters. The lowest BCUT2D eigenvalue weighted by Gasteiger charge is -2.37. The number of likely N-dealkylation sites (tertiary alicyclic amines) is 1. The number of carbonyl (C=O) groups excluding carboxylic acids is 1. The summed E-state index contributed by atoms with van der Waals surface area (Å²) in [4.78, 5) is 23.8. The molecule has 2 saturated heterocycles. The maximum atomic E-state index is 12.8. The Labute approximate surface area is 166 Å². The first-order valence-corrected chi connectivity index (χ1v) is 10.1. The number of pyridine rings is 1. The summed E-state index contributed by atoms with van der Waals surface area (Å²) in [7, 11) is 1.69. The minimum Gasteiger partial charge on any atom is -0.497 e. The van der Waals surface area contributed by atoms with Gasteiger partial charge in [0.2, 0.25) is 0 Å². The normalized spacial score (nSPS) is 17.5. The number of methoxy groups -OCH3 is 1. The third-order valence-electron chi connectivity index (χ3n) is 5.69. The van der Waals surface area contributed by atoms with Crippen LogP contribution in [0.25, 0.3) is 0 Å². The van der Waals surface area contributed by atoms with Crippen molar-refractivity contribution in [1.82, 2.24) is 9.88 Å². The summed E-state index contributed by atoms with van der Waals surface area (Å²) in [5.74, 6) is 0.948. The van der Waals surface area contributed by atoms with E-state index >= 15 is 0 Å². The van der Waals surface area contributed by atoms with Gasteiger partial charge >= 0.3 is 0 Å². The predicted octanol–water partition coefficient (Wildman–Crippen LogP) is 3.04. The van der Waals surface area contributed by atoms with Crippen LogP contribution < -0.4 is 14.5 Å². The Balaban J connectivity index is 1.39. The molecule has 0 N–H and O–H groups in total. The Morgan fingerprint density at radius 3 is 2.14 bits per heavy atom. The van der Waals surface area contributed by atoms with Crippen LogP contribution in [-0.2, 0) is 0 Å². The van der Waals surface area contributed by atoms with Crippen LogP contribution in [0.1, 0.15) is 29.8 Å². The van der Waals surface area contributed by atoms with Crippen molar-refractivity contribution in [3.8, 4) is 5.75 Å². The van der Waals surface area contributed by atoms with Gasteiger partial charge in [0.15, 0.2) is 0 Å². The molecule has 1 amide bonds. The summed E-state index contributed by atoms with van der Waals surface area (Å²) in [6.45, 7) is 5.45. The van der Waals surface area contributed by atoms with Gasteiger partial charge in [-0.05, 0) is 55.7 Å². The summed E-state index contributed by atoms with van der Waals surface area (Å²) >= 11 is 0. The van der Waals surface area contributed by atoms with Crippen LogP contribution >= 0.6 is 0 Å². The lowest BCUT2D eigenvalue weighted by Crippen LogP contribution is -2.46. The van der Waals surface area contributed by atoms with E-state index in [1.165, 1.54) is 12.1 Å². The van der Waals surface area contributed by atoms with Crippen molar-refractivity contribution in [2.75, 3.05) is 56.2 Å². The molecule has 2 aromatic rings. The number of ether oxygens (including phenoxy) is 1. The number of anilines is 2. The van der Waals surface area contributed by atoms with Crippen molar-refractivity contribution in [2.45, 2.75) is 19.3 Å². The average molecular weight is 380 g/mol. The molecule has 0 bridgehead atoms. The van der Waals surface area contributed by atoms with Crippen LogP contribution in [0.4, 0.5) is 11.4 Å². The molecule has 4 rings (SSSR count). The average Bonchev–Trinajstić information content (AvgIpc) is 2.79. The molecule has 3 heterocycles. The molecule has 2 fully saturated rings. The van der Waals surface area contributed by atoms with Gasteiger partial charge in [0.1, 0.15) is 11.4 Å². The predicted molar refractivity (Wildman–Crippen MR) is 111 cm³/mol. The fraction of sp³-hybridized carbons (Fsp3) is 0.455. The van der Waals surface area contributed by atoms with Crippen LogP contribution in [0.15, 0.2) is 42.6 Å². The van der Waals surface area contributed by atoms with Gasteiger partial charge in [0, 0.05) is 56.8 Å². The summed E-state index contributed by atoms with van der Waals surface area (Å²) < 4.78 is 5.24. The van der Waals surface area contributed by atoms with Gasteiger partial charge in [-0.3, -0.25) is 9.78 Å². The monoisotopic (exact) mass is 380 g/mol. The van der Waals surface area contributed by atoms with E-state index in [0.717, 1.165) is 63.5 Å². The zero-order chi connectivity index (χ0) is 19.3. The first kappa shape index (κ1) is 18.6. The van der Waals surface area contributed by atoms with Crippen molar-refractivity contribution in [3.63, 3.8) is 0 Å². The Kier molecular flexibility index (Phi) is 5.65. The van der Waals surface area contributed by atoms with Crippen molar-refractivity contribution in [3.05, 3.63) is 48.3 Å². The second-order valence-electron chi connectivity index (χ2n) is 7.42. The molecular formula is C22H28N4O2. The molecule has 0 radical (unpaired) electrons. The zero-order valence-corrected chi connectivity index (χ0v) is 16.5. The van der Waals surface area contributed by atoms with Crippen LogP contribution in [0.3, 0.4) is 0 Å². The molecule has 1 aromatic carbocycles. The third kappa shape index (κ3) is 4.06. The largest absolute Gasteiger partial charge is 0.497 e. The molecule has 0 aliphatic carbocycles. The number of piperazine rings is 1. The summed E-state index contributed by atoms with van der Waals surface area (Å²) in [6, 6.07) is 12.2. The summed E-state index contributed by atoms with van der Waals surface area (Å²) in [6.07, 6.45) is 5.18. The van der Waals surface area contributed by atoms with Gasteiger partial charge in [0.05, 0.1) is 7.11 Å². The van der Waals surface area contributed by atoms with Crippen LogP contribution in [0, 0.1) is 0 Å². The summed E-state index contributed by atoms with van der Waals surface area (Å²) in [5, 5.41) is 0. The SMILES string of the molecule is COc1ccc(N2CCN(c3ccnc(C(=O)N4CCCCC4)c3)CC2)cc1. The zero-order valence-electron chi connectivity index (χ0n) is 16.5. The molecule has 0 spiro atoms. The van der Waals surface area contributed by atoms with E-state index in [4.69, 9.17) is 4.74 Å². The number of rotatable bonds is 4. The number of benzene rings is 1. The third-order valence-corrected chi connectivity index (χ3v) is 5.69. The molecule has 6 nitrogen and oxygen atoms in total. The Hall–Kier alpha value is -2.76. The fourth-order valence-electron chi connectivity index (χ4n) is 4.01. The number of aromatic nitrogens is 1. The first-order chi connectivity index (χ1) is 13.7. The van der Waals surface area contributed by atoms with Crippen molar-refractivity contribution in [1.29, 1.82) is 0 Å². The van der Waals surface area contributed by atoms with E-state index in [0.29, 0.717) is 5.69 Å².